The number of piperazine rings is 1. The number of para-hydroxylation sites is 1. The Kier molecular flexibility index (Phi) is 5.29. The normalized spacial score (nSPS) is 19.6. The van der Waals surface area contributed by atoms with Crippen molar-refractivity contribution in [3.63, 3.8) is 0 Å². The first-order valence-corrected chi connectivity index (χ1v) is 9.72. The van der Waals surface area contributed by atoms with Crippen LogP contribution < -0.4 is 4.90 Å². The number of carbonyl (C=O) groups excluding carboxylic acids is 3. The van der Waals surface area contributed by atoms with Gasteiger partial charge in [-0.05, 0) is 24.3 Å². The molecule has 4 rings (SSSR count). The van der Waals surface area contributed by atoms with Crippen molar-refractivity contribution < 1.29 is 18.8 Å². The molecule has 2 aromatic carbocycles. The minimum absolute atomic E-state index is 0.0483. The van der Waals surface area contributed by atoms with E-state index in [1.807, 2.05) is 30.3 Å². The van der Waals surface area contributed by atoms with E-state index in [4.69, 9.17) is 0 Å². The SMILES string of the molecule is O=C(c1ccccc1F)N1CCN(C(=O)[C@H]2CC(=O)N(c3ccccc3)C2)CC1. The molecule has 3 amide bonds. The summed E-state index contributed by atoms with van der Waals surface area (Å²) in [5, 5.41) is 0. The van der Waals surface area contributed by atoms with Gasteiger partial charge in [0.15, 0.2) is 0 Å². The summed E-state index contributed by atoms with van der Waals surface area (Å²) >= 11 is 0. The highest BCUT2D eigenvalue weighted by atomic mass is 19.1. The largest absolute Gasteiger partial charge is 0.339 e. The minimum atomic E-state index is -0.540. The van der Waals surface area contributed by atoms with E-state index in [9.17, 15) is 18.8 Å². The number of amides is 3. The van der Waals surface area contributed by atoms with Gasteiger partial charge in [-0.2, -0.15) is 0 Å². The first kappa shape index (κ1) is 19.1. The van der Waals surface area contributed by atoms with E-state index in [0.717, 1.165) is 5.69 Å². The van der Waals surface area contributed by atoms with Crippen LogP contribution in [0.2, 0.25) is 0 Å². The molecule has 0 radical (unpaired) electrons. The number of carbonyl (C=O) groups is 3. The van der Waals surface area contributed by atoms with Crippen molar-refractivity contribution in [2.45, 2.75) is 6.42 Å². The van der Waals surface area contributed by atoms with E-state index in [2.05, 4.69) is 0 Å². The molecule has 2 saturated heterocycles. The van der Waals surface area contributed by atoms with Crippen molar-refractivity contribution in [2.75, 3.05) is 37.6 Å². The minimum Gasteiger partial charge on any atom is -0.339 e. The van der Waals surface area contributed by atoms with Crippen LogP contribution >= 0.6 is 0 Å². The molecule has 7 heteroatoms. The molecule has 2 fully saturated rings. The topological polar surface area (TPSA) is 60.9 Å². The van der Waals surface area contributed by atoms with Gasteiger partial charge in [0.05, 0.1) is 11.5 Å². The number of hydrogen-bond acceptors (Lipinski definition) is 3. The van der Waals surface area contributed by atoms with Crippen LogP contribution in [0.5, 0.6) is 0 Å². The lowest BCUT2D eigenvalue weighted by atomic mass is 10.1. The second-order valence-corrected chi connectivity index (χ2v) is 7.34. The predicted octanol–water partition coefficient (Wildman–Crippen LogP) is 2.16. The molecule has 2 aromatic rings. The molecular formula is C22H22FN3O3. The van der Waals surface area contributed by atoms with E-state index in [-0.39, 0.29) is 35.6 Å². The summed E-state index contributed by atoms with van der Waals surface area (Å²) in [4.78, 5) is 42.7. The summed E-state index contributed by atoms with van der Waals surface area (Å²) in [5.41, 5.74) is 0.847. The van der Waals surface area contributed by atoms with Gasteiger partial charge in [0.25, 0.3) is 5.91 Å². The third kappa shape index (κ3) is 3.85. The standard InChI is InChI=1S/C22H22FN3O3/c23-19-9-5-4-8-18(19)22(29)25-12-10-24(11-13-25)21(28)16-14-20(27)26(15-16)17-6-2-1-3-7-17/h1-9,16H,10-15H2/t16-/m0/s1. The summed E-state index contributed by atoms with van der Waals surface area (Å²) < 4.78 is 13.9. The van der Waals surface area contributed by atoms with Gasteiger partial charge in [-0.25, -0.2) is 4.39 Å². The second-order valence-electron chi connectivity index (χ2n) is 7.34. The molecule has 1 atom stereocenters. The molecule has 150 valence electrons. The molecule has 0 N–H and O–H groups in total. The van der Waals surface area contributed by atoms with Gasteiger partial charge in [0, 0.05) is 44.8 Å². The summed E-state index contributed by atoms with van der Waals surface area (Å²) in [6.07, 6.45) is 0.197. The Hall–Kier alpha value is -3.22. The maximum atomic E-state index is 13.9. The quantitative estimate of drug-likeness (QED) is 0.800. The number of rotatable bonds is 3. The molecule has 2 aliphatic heterocycles. The van der Waals surface area contributed by atoms with Gasteiger partial charge in [0.1, 0.15) is 5.82 Å². The molecule has 2 heterocycles. The second kappa shape index (κ2) is 8.03. The Morgan fingerprint density at radius 2 is 1.48 bits per heavy atom. The van der Waals surface area contributed by atoms with Gasteiger partial charge in [0.2, 0.25) is 11.8 Å². The number of nitrogens with zero attached hydrogens (tertiary/aromatic N) is 3. The van der Waals surface area contributed by atoms with Crippen molar-refractivity contribution in [1.29, 1.82) is 0 Å². The van der Waals surface area contributed by atoms with E-state index in [0.29, 0.717) is 32.7 Å². The highest BCUT2D eigenvalue weighted by molar-refractivity contribution is 6.00. The Bertz CT molecular complexity index is 926. The first-order chi connectivity index (χ1) is 14.0. The Balaban J connectivity index is 1.35. The van der Waals surface area contributed by atoms with Gasteiger partial charge >= 0.3 is 0 Å². The molecule has 0 saturated carbocycles. The Morgan fingerprint density at radius 3 is 2.17 bits per heavy atom. The third-order valence-corrected chi connectivity index (χ3v) is 5.52. The average molecular weight is 395 g/mol. The van der Waals surface area contributed by atoms with Crippen molar-refractivity contribution in [2.24, 2.45) is 5.92 Å². The van der Waals surface area contributed by atoms with Crippen LogP contribution in [0, 0.1) is 11.7 Å². The van der Waals surface area contributed by atoms with Crippen molar-refractivity contribution in [3.05, 3.63) is 66.0 Å². The van der Waals surface area contributed by atoms with Gasteiger partial charge in [-0.1, -0.05) is 30.3 Å². The van der Waals surface area contributed by atoms with Crippen molar-refractivity contribution in [1.82, 2.24) is 9.80 Å². The maximum Gasteiger partial charge on any atom is 0.256 e. The van der Waals surface area contributed by atoms with Crippen LogP contribution in [-0.2, 0) is 9.59 Å². The summed E-state index contributed by atoms with van der Waals surface area (Å²) in [5.74, 6) is -1.39. The highest BCUT2D eigenvalue weighted by Gasteiger charge is 2.38. The maximum absolute atomic E-state index is 13.9. The van der Waals surface area contributed by atoms with Gasteiger partial charge in [-0.15, -0.1) is 0 Å². The van der Waals surface area contributed by atoms with Gasteiger partial charge in [-0.3, -0.25) is 14.4 Å². The first-order valence-electron chi connectivity index (χ1n) is 9.72. The van der Waals surface area contributed by atoms with Crippen LogP contribution in [0.25, 0.3) is 0 Å². The molecule has 0 aromatic heterocycles. The van der Waals surface area contributed by atoms with Crippen LogP contribution in [0.3, 0.4) is 0 Å². The summed E-state index contributed by atoms with van der Waals surface area (Å²) in [6.45, 7) is 1.84. The monoisotopic (exact) mass is 395 g/mol. The highest BCUT2D eigenvalue weighted by Crippen LogP contribution is 2.26. The van der Waals surface area contributed by atoms with Crippen molar-refractivity contribution in [3.8, 4) is 0 Å². The fourth-order valence-corrected chi connectivity index (χ4v) is 3.92. The van der Waals surface area contributed by atoms with Gasteiger partial charge < -0.3 is 14.7 Å². The third-order valence-electron chi connectivity index (χ3n) is 5.52. The number of anilines is 1. The average Bonchev–Trinajstić information content (AvgIpc) is 3.15. The number of benzene rings is 2. The van der Waals surface area contributed by atoms with Crippen LogP contribution in [0.4, 0.5) is 10.1 Å². The lowest BCUT2D eigenvalue weighted by Crippen LogP contribution is -2.52. The van der Waals surface area contributed by atoms with E-state index >= 15 is 0 Å². The molecule has 29 heavy (non-hydrogen) atoms. The smallest absolute Gasteiger partial charge is 0.256 e. The van der Waals surface area contributed by atoms with Crippen molar-refractivity contribution >= 4 is 23.4 Å². The predicted molar refractivity (Wildman–Crippen MR) is 106 cm³/mol. The summed E-state index contributed by atoms with van der Waals surface area (Å²) in [7, 11) is 0. The molecule has 0 spiro atoms. The zero-order chi connectivity index (χ0) is 20.4. The fourth-order valence-electron chi connectivity index (χ4n) is 3.92. The number of halogens is 1. The molecule has 0 bridgehead atoms. The molecular weight excluding hydrogens is 373 g/mol. The molecule has 0 aliphatic carbocycles. The van der Waals surface area contributed by atoms with E-state index in [1.54, 1.807) is 26.8 Å². The lowest BCUT2D eigenvalue weighted by molar-refractivity contribution is -0.137. The Morgan fingerprint density at radius 1 is 0.862 bits per heavy atom. The van der Waals surface area contributed by atoms with E-state index in [1.165, 1.54) is 12.1 Å². The van der Waals surface area contributed by atoms with Crippen LogP contribution in [0.15, 0.2) is 54.6 Å². The Labute approximate surface area is 168 Å². The zero-order valence-electron chi connectivity index (χ0n) is 16.0. The summed E-state index contributed by atoms with van der Waals surface area (Å²) in [6, 6.07) is 15.2. The molecule has 2 aliphatic rings. The van der Waals surface area contributed by atoms with Crippen LogP contribution in [0.1, 0.15) is 16.8 Å². The number of hydrogen-bond donors (Lipinski definition) is 0. The van der Waals surface area contributed by atoms with E-state index < -0.39 is 5.82 Å². The molecule has 6 nitrogen and oxygen atoms in total. The fraction of sp³-hybridized carbons (Fsp3) is 0.318. The molecule has 0 unspecified atom stereocenters. The zero-order valence-corrected chi connectivity index (χ0v) is 16.0. The lowest BCUT2D eigenvalue weighted by Gasteiger charge is -2.36. The van der Waals surface area contributed by atoms with Crippen LogP contribution in [-0.4, -0.2) is 60.2 Å².